The highest BCUT2D eigenvalue weighted by Crippen LogP contribution is 2.34. The number of aryl methyl sites for hydroxylation is 1. The van der Waals surface area contributed by atoms with E-state index in [0.29, 0.717) is 0 Å². The minimum atomic E-state index is -0.363. The van der Waals surface area contributed by atoms with E-state index in [2.05, 4.69) is 27.3 Å². The first-order valence-electron chi connectivity index (χ1n) is 5.37. The first-order chi connectivity index (χ1) is 7.70. The summed E-state index contributed by atoms with van der Waals surface area (Å²) in [5, 5.41) is 2.48. The van der Waals surface area contributed by atoms with E-state index in [0.717, 1.165) is 29.3 Å². The molecule has 0 heterocycles. The number of benzene rings is 1. The zero-order valence-corrected chi connectivity index (χ0v) is 10.7. The minimum absolute atomic E-state index is 0.110. The van der Waals surface area contributed by atoms with Crippen LogP contribution < -0.4 is 5.32 Å². The number of fused-ring (bicyclic) bond motifs is 1. The van der Waals surface area contributed by atoms with Crippen molar-refractivity contribution in [1.29, 1.82) is 0 Å². The summed E-state index contributed by atoms with van der Waals surface area (Å²) < 4.78 is 6.38. The Hall–Kier alpha value is -1.03. The number of nitrogens with one attached hydrogen (secondary N) is 1. The van der Waals surface area contributed by atoms with E-state index in [1.54, 1.807) is 7.05 Å². The molecule has 16 heavy (non-hydrogen) atoms. The Bertz CT molecular complexity index is 406. The molecule has 1 amide bonds. The average molecular weight is 284 g/mol. The molecule has 0 saturated carbocycles. The molecule has 4 heteroatoms. The molecule has 1 atom stereocenters. The molecule has 3 nitrogen and oxygen atoms in total. The number of hydrogen-bond acceptors (Lipinski definition) is 2. The second-order valence-electron chi connectivity index (χ2n) is 3.88. The van der Waals surface area contributed by atoms with Crippen molar-refractivity contribution in [3.05, 3.63) is 33.8 Å². The smallest absolute Gasteiger partial charge is 0.407 e. The molecule has 1 aromatic rings. The van der Waals surface area contributed by atoms with Gasteiger partial charge in [-0.2, -0.15) is 0 Å². The molecule has 0 spiro atoms. The Balaban J connectivity index is 2.24. The molecular weight excluding hydrogens is 270 g/mol. The van der Waals surface area contributed by atoms with Gasteiger partial charge in [-0.1, -0.05) is 22.0 Å². The van der Waals surface area contributed by atoms with E-state index < -0.39 is 0 Å². The van der Waals surface area contributed by atoms with E-state index in [1.165, 1.54) is 5.56 Å². The maximum absolute atomic E-state index is 11.2. The lowest BCUT2D eigenvalue weighted by Gasteiger charge is -2.25. The van der Waals surface area contributed by atoms with Gasteiger partial charge in [-0.25, -0.2) is 4.79 Å². The van der Waals surface area contributed by atoms with Crippen LogP contribution in [-0.2, 0) is 11.2 Å². The van der Waals surface area contributed by atoms with E-state index in [-0.39, 0.29) is 12.2 Å². The second kappa shape index (κ2) is 4.87. The number of hydrogen-bond donors (Lipinski definition) is 1. The van der Waals surface area contributed by atoms with Crippen molar-refractivity contribution in [2.75, 3.05) is 7.05 Å². The topological polar surface area (TPSA) is 38.3 Å². The zero-order valence-electron chi connectivity index (χ0n) is 9.13. The van der Waals surface area contributed by atoms with Crippen LogP contribution in [0.25, 0.3) is 0 Å². The first-order valence-corrected chi connectivity index (χ1v) is 6.16. The molecular formula is C12H14BrNO2. The fourth-order valence-electron chi connectivity index (χ4n) is 2.04. The number of halogens is 1. The number of ether oxygens (including phenoxy) is 1. The summed E-state index contributed by atoms with van der Waals surface area (Å²) in [4.78, 5) is 11.2. The minimum Gasteiger partial charge on any atom is -0.441 e. The van der Waals surface area contributed by atoms with Crippen molar-refractivity contribution in [3.63, 3.8) is 0 Å². The van der Waals surface area contributed by atoms with Crippen LogP contribution in [-0.4, -0.2) is 13.1 Å². The third kappa shape index (κ3) is 2.38. The number of amides is 1. The summed E-state index contributed by atoms with van der Waals surface area (Å²) in [6, 6.07) is 6.17. The predicted octanol–water partition coefficient (Wildman–Crippen LogP) is 3.18. The van der Waals surface area contributed by atoms with E-state index in [4.69, 9.17) is 4.74 Å². The Labute approximate surface area is 103 Å². The van der Waals surface area contributed by atoms with Crippen LogP contribution >= 0.6 is 15.9 Å². The largest absolute Gasteiger partial charge is 0.441 e. The number of rotatable bonds is 1. The molecule has 0 aromatic heterocycles. The molecule has 1 aromatic carbocycles. The van der Waals surface area contributed by atoms with Gasteiger partial charge in [0.2, 0.25) is 0 Å². The normalized spacial score (nSPS) is 18.8. The molecule has 0 radical (unpaired) electrons. The highest BCUT2D eigenvalue weighted by molar-refractivity contribution is 9.10. The highest BCUT2D eigenvalue weighted by atomic mass is 79.9. The zero-order chi connectivity index (χ0) is 11.5. The molecule has 2 rings (SSSR count). The van der Waals surface area contributed by atoms with Gasteiger partial charge in [-0.3, -0.25) is 0 Å². The summed E-state index contributed by atoms with van der Waals surface area (Å²) in [6.45, 7) is 0. The summed E-state index contributed by atoms with van der Waals surface area (Å²) >= 11 is 3.45. The van der Waals surface area contributed by atoms with E-state index >= 15 is 0 Å². The van der Waals surface area contributed by atoms with E-state index in [1.807, 2.05) is 12.1 Å². The molecule has 0 saturated heterocycles. The van der Waals surface area contributed by atoms with Crippen molar-refractivity contribution in [2.45, 2.75) is 25.4 Å². The van der Waals surface area contributed by atoms with Crippen LogP contribution in [0.4, 0.5) is 4.79 Å². The van der Waals surface area contributed by atoms with Crippen molar-refractivity contribution in [3.8, 4) is 0 Å². The molecule has 1 unspecified atom stereocenters. The maximum Gasteiger partial charge on any atom is 0.407 e. The van der Waals surface area contributed by atoms with Crippen LogP contribution in [0.15, 0.2) is 22.7 Å². The molecule has 1 aliphatic carbocycles. The summed E-state index contributed by atoms with van der Waals surface area (Å²) in [5.41, 5.74) is 2.41. The van der Waals surface area contributed by atoms with Crippen LogP contribution in [0.5, 0.6) is 0 Å². The lowest BCUT2D eigenvalue weighted by Crippen LogP contribution is -2.24. The summed E-state index contributed by atoms with van der Waals surface area (Å²) in [6.07, 6.45) is 2.56. The van der Waals surface area contributed by atoms with E-state index in [9.17, 15) is 4.79 Å². The predicted molar refractivity (Wildman–Crippen MR) is 65.4 cm³/mol. The fourth-order valence-corrected chi connectivity index (χ4v) is 2.42. The Morgan fingerprint density at radius 3 is 3.12 bits per heavy atom. The monoisotopic (exact) mass is 283 g/mol. The van der Waals surface area contributed by atoms with Gasteiger partial charge in [0, 0.05) is 11.5 Å². The Morgan fingerprint density at radius 2 is 2.38 bits per heavy atom. The molecule has 0 aliphatic heterocycles. The quantitative estimate of drug-likeness (QED) is 0.860. The van der Waals surface area contributed by atoms with Gasteiger partial charge >= 0.3 is 6.09 Å². The molecule has 0 fully saturated rings. The van der Waals surface area contributed by atoms with Gasteiger partial charge in [-0.15, -0.1) is 0 Å². The number of carbonyl (C=O) groups is 1. The van der Waals surface area contributed by atoms with Gasteiger partial charge in [-0.05, 0) is 42.5 Å². The van der Waals surface area contributed by atoms with Crippen molar-refractivity contribution < 1.29 is 9.53 Å². The summed E-state index contributed by atoms with van der Waals surface area (Å²) in [7, 11) is 1.58. The van der Waals surface area contributed by atoms with Crippen molar-refractivity contribution in [2.24, 2.45) is 0 Å². The lowest BCUT2D eigenvalue weighted by atomic mass is 9.89. The van der Waals surface area contributed by atoms with Crippen molar-refractivity contribution in [1.82, 2.24) is 5.32 Å². The van der Waals surface area contributed by atoms with Gasteiger partial charge in [0.15, 0.2) is 0 Å². The summed E-state index contributed by atoms with van der Waals surface area (Å²) in [5.74, 6) is 0. The first kappa shape index (κ1) is 11.5. The van der Waals surface area contributed by atoms with Crippen molar-refractivity contribution >= 4 is 22.0 Å². The number of alkyl carbamates (subject to hydrolysis) is 1. The van der Waals surface area contributed by atoms with Crippen LogP contribution in [0.3, 0.4) is 0 Å². The fraction of sp³-hybridized carbons (Fsp3) is 0.417. The van der Waals surface area contributed by atoms with Gasteiger partial charge in [0.25, 0.3) is 0 Å². The maximum atomic E-state index is 11.2. The standard InChI is InChI=1S/C12H14BrNO2/c1-14-12(15)16-11-4-2-3-8-5-6-9(13)7-10(8)11/h5-7,11H,2-4H2,1H3,(H,14,15). The van der Waals surface area contributed by atoms with Gasteiger partial charge in [0.1, 0.15) is 6.10 Å². The Morgan fingerprint density at radius 1 is 1.56 bits per heavy atom. The molecule has 86 valence electrons. The number of carbonyl (C=O) groups excluding carboxylic acids is 1. The van der Waals surface area contributed by atoms with Gasteiger partial charge in [0.05, 0.1) is 0 Å². The second-order valence-corrected chi connectivity index (χ2v) is 4.79. The molecule has 1 aliphatic rings. The highest BCUT2D eigenvalue weighted by Gasteiger charge is 2.23. The Kier molecular flexibility index (Phi) is 3.49. The van der Waals surface area contributed by atoms with Crippen LogP contribution in [0.1, 0.15) is 30.1 Å². The third-order valence-electron chi connectivity index (χ3n) is 2.82. The lowest BCUT2D eigenvalue weighted by molar-refractivity contribution is 0.0892. The van der Waals surface area contributed by atoms with Crippen LogP contribution in [0.2, 0.25) is 0 Å². The average Bonchev–Trinajstić information content (AvgIpc) is 2.29. The van der Waals surface area contributed by atoms with Gasteiger partial charge < -0.3 is 10.1 Å². The SMILES string of the molecule is CNC(=O)OC1CCCc2ccc(Br)cc21. The molecule has 0 bridgehead atoms. The van der Waals surface area contributed by atoms with Crippen LogP contribution in [0, 0.1) is 0 Å². The third-order valence-corrected chi connectivity index (χ3v) is 3.31. The molecule has 1 N–H and O–H groups in total.